The van der Waals surface area contributed by atoms with Crippen molar-refractivity contribution in [1.82, 2.24) is 4.90 Å². The molecular formula is C21H27NO4. The van der Waals surface area contributed by atoms with Crippen LogP contribution in [0.1, 0.15) is 30.1 Å². The maximum Gasteiger partial charge on any atom is 0.203 e. The molecule has 26 heavy (non-hydrogen) atoms. The Balaban J connectivity index is 1.89. The number of nitrogens with zero attached hydrogens (tertiary/aromatic N) is 1. The summed E-state index contributed by atoms with van der Waals surface area (Å²) in [4.78, 5) is 15.0. The van der Waals surface area contributed by atoms with Gasteiger partial charge in [-0.15, -0.1) is 0 Å². The van der Waals surface area contributed by atoms with Crippen LogP contribution >= 0.6 is 0 Å². The van der Waals surface area contributed by atoms with Crippen molar-refractivity contribution in [3.63, 3.8) is 0 Å². The van der Waals surface area contributed by atoms with Crippen LogP contribution in [0.4, 0.5) is 0 Å². The van der Waals surface area contributed by atoms with Gasteiger partial charge in [-0.1, -0.05) is 13.0 Å². The van der Waals surface area contributed by atoms with Crippen LogP contribution in [0.15, 0.2) is 24.3 Å². The molecule has 0 radical (unpaired) electrons. The van der Waals surface area contributed by atoms with E-state index in [4.69, 9.17) is 14.2 Å². The summed E-state index contributed by atoms with van der Waals surface area (Å²) in [6.45, 7) is 4.75. The molecule has 0 aromatic heterocycles. The lowest BCUT2D eigenvalue weighted by atomic mass is 9.98. The molecule has 0 amide bonds. The maximum absolute atomic E-state index is 12.7. The zero-order valence-corrected chi connectivity index (χ0v) is 16.0. The van der Waals surface area contributed by atoms with Crippen LogP contribution in [0.2, 0.25) is 0 Å². The van der Waals surface area contributed by atoms with Gasteiger partial charge in [-0.2, -0.15) is 0 Å². The first-order valence-electron chi connectivity index (χ1n) is 9.05. The summed E-state index contributed by atoms with van der Waals surface area (Å²) in [6, 6.07) is 7.58. The highest BCUT2D eigenvalue weighted by atomic mass is 16.5. The number of methoxy groups -OCH3 is 3. The second kappa shape index (κ2) is 7.96. The van der Waals surface area contributed by atoms with Gasteiger partial charge in [0, 0.05) is 10.9 Å². The first-order chi connectivity index (χ1) is 12.6. The number of benzene rings is 2. The Bertz CT molecular complexity index is 794. The number of likely N-dealkylation sites (tertiary alicyclic amines) is 1. The van der Waals surface area contributed by atoms with Gasteiger partial charge in [0.25, 0.3) is 0 Å². The monoisotopic (exact) mass is 357 g/mol. The Morgan fingerprint density at radius 1 is 1.04 bits per heavy atom. The molecular weight excluding hydrogens is 330 g/mol. The molecule has 0 spiro atoms. The predicted octanol–water partition coefficient (Wildman–Crippen LogP) is 3.78. The van der Waals surface area contributed by atoms with Crippen LogP contribution in [0, 0.1) is 5.92 Å². The first-order valence-corrected chi connectivity index (χ1v) is 9.05. The van der Waals surface area contributed by atoms with Gasteiger partial charge in [0.2, 0.25) is 5.75 Å². The van der Waals surface area contributed by atoms with Crippen molar-refractivity contribution < 1.29 is 19.0 Å². The minimum Gasteiger partial charge on any atom is -0.493 e. The highest BCUT2D eigenvalue weighted by Gasteiger charge is 2.20. The van der Waals surface area contributed by atoms with E-state index in [0.29, 0.717) is 29.4 Å². The molecule has 0 aliphatic carbocycles. The third-order valence-electron chi connectivity index (χ3n) is 5.21. The Morgan fingerprint density at radius 3 is 2.35 bits per heavy atom. The smallest absolute Gasteiger partial charge is 0.203 e. The fourth-order valence-corrected chi connectivity index (χ4v) is 3.57. The van der Waals surface area contributed by atoms with E-state index in [-0.39, 0.29) is 5.78 Å². The Labute approximate surface area is 154 Å². The van der Waals surface area contributed by atoms with E-state index in [2.05, 4.69) is 11.8 Å². The number of carbonyl (C=O) groups excluding carboxylic acids is 1. The fraction of sp³-hybridized carbons (Fsp3) is 0.476. The van der Waals surface area contributed by atoms with Crippen LogP contribution in [-0.2, 0) is 0 Å². The van der Waals surface area contributed by atoms with E-state index < -0.39 is 0 Å². The maximum atomic E-state index is 12.7. The minimum absolute atomic E-state index is 0.148. The number of carbonyl (C=O) groups is 1. The van der Waals surface area contributed by atoms with E-state index in [9.17, 15) is 4.79 Å². The lowest BCUT2D eigenvalue weighted by Crippen LogP contribution is -2.36. The molecule has 140 valence electrons. The van der Waals surface area contributed by atoms with E-state index in [1.165, 1.54) is 12.8 Å². The second-order valence-corrected chi connectivity index (χ2v) is 6.96. The third kappa shape index (κ3) is 3.63. The number of rotatable bonds is 6. The van der Waals surface area contributed by atoms with Crippen molar-refractivity contribution in [2.45, 2.75) is 19.8 Å². The van der Waals surface area contributed by atoms with Gasteiger partial charge in [-0.05, 0) is 55.4 Å². The van der Waals surface area contributed by atoms with Crippen LogP contribution < -0.4 is 14.2 Å². The van der Waals surface area contributed by atoms with Gasteiger partial charge in [0.15, 0.2) is 17.3 Å². The molecule has 1 saturated heterocycles. The summed E-state index contributed by atoms with van der Waals surface area (Å²) >= 11 is 0. The van der Waals surface area contributed by atoms with E-state index in [0.717, 1.165) is 29.8 Å². The van der Waals surface area contributed by atoms with Gasteiger partial charge in [-0.25, -0.2) is 0 Å². The number of hydrogen-bond donors (Lipinski definition) is 0. The van der Waals surface area contributed by atoms with Gasteiger partial charge >= 0.3 is 0 Å². The highest BCUT2D eigenvalue weighted by Crippen LogP contribution is 2.43. The van der Waals surface area contributed by atoms with Crippen LogP contribution in [0.3, 0.4) is 0 Å². The quantitative estimate of drug-likeness (QED) is 0.737. The Kier molecular flexibility index (Phi) is 5.67. The van der Waals surface area contributed by atoms with Crippen LogP contribution in [-0.4, -0.2) is 51.6 Å². The van der Waals surface area contributed by atoms with Gasteiger partial charge in [-0.3, -0.25) is 9.69 Å². The van der Waals surface area contributed by atoms with Crippen molar-refractivity contribution in [3.05, 3.63) is 29.8 Å². The van der Waals surface area contributed by atoms with Crippen LogP contribution in [0.5, 0.6) is 17.2 Å². The number of ketones is 1. The van der Waals surface area contributed by atoms with Crippen molar-refractivity contribution in [3.8, 4) is 17.2 Å². The molecule has 3 rings (SSSR count). The molecule has 1 aliphatic heterocycles. The second-order valence-electron chi connectivity index (χ2n) is 6.96. The molecule has 0 bridgehead atoms. The van der Waals surface area contributed by atoms with E-state index in [1.54, 1.807) is 21.3 Å². The average molecular weight is 357 g/mol. The topological polar surface area (TPSA) is 48.0 Å². The van der Waals surface area contributed by atoms with E-state index >= 15 is 0 Å². The number of ether oxygens (including phenoxy) is 3. The molecule has 2 aromatic rings. The summed E-state index contributed by atoms with van der Waals surface area (Å²) in [5, 5.41) is 1.80. The fourth-order valence-electron chi connectivity index (χ4n) is 3.57. The Morgan fingerprint density at radius 2 is 1.73 bits per heavy atom. The van der Waals surface area contributed by atoms with Crippen molar-refractivity contribution >= 4 is 16.6 Å². The third-order valence-corrected chi connectivity index (χ3v) is 5.21. The van der Waals surface area contributed by atoms with Gasteiger partial charge < -0.3 is 14.2 Å². The molecule has 2 aromatic carbocycles. The summed E-state index contributed by atoms with van der Waals surface area (Å²) in [5.74, 6) is 2.67. The minimum atomic E-state index is 0.148. The van der Waals surface area contributed by atoms with Crippen molar-refractivity contribution in [2.75, 3.05) is 41.0 Å². The van der Waals surface area contributed by atoms with Gasteiger partial charge in [0.05, 0.1) is 27.9 Å². The summed E-state index contributed by atoms with van der Waals surface area (Å²) in [6.07, 6.45) is 2.33. The number of fused-ring (bicyclic) bond motifs is 1. The molecule has 1 heterocycles. The summed E-state index contributed by atoms with van der Waals surface area (Å²) in [5.41, 5.74) is 0.713. The summed E-state index contributed by atoms with van der Waals surface area (Å²) < 4.78 is 16.4. The Hall–Kier alpha value is -2.27. The standard InChI is InChI=1S/C21H27NO4/c1-14-7-9-22(10-8-14)13-18(23)15-5-6-17-16(11-15)12-19(24-2)21(26-4)20(17)25-3/h5-6,11-12,14H,7-10,13H2,1-4H3. The normalized spacial score (nSPS) is 15.8. The first kappa shape index (κ1) is 18.5. The molecule has 5 heteroatoms. The van der Waals surface area contributed by atoms with Crippen molar-refractivity contribution in [1.29, 1.82) is 0 Å². The number of Topliss-reactive ketones (excluding diaryl/α,β-unsaturated/α-hetero) is 1. The van der Waals surface area contributed by atoms with Crippen molar-refractivity contribution in [2.24, 2.45) is 5.92 Å². The average Bonchev–Trinajstić information content (AvgIpc) is 2.67. The zero-order chi connectivity index (χ0) is 18.7. The summed E-state index contributed by atoms with van der Waals surface area (Å²) in [7, 11) is 4.78. The lowest BCUT2D eigenvalue weighted by Gasteiger charge is -2.29. The lowest BCUT2D eigenvalue weighted by molar-refractivity contribution is 0.0900. The number of piperidine rings is 1. The molecule has 5 nitrogen and oxygen atoms in total. The van der Waals surface area contributed by atoms with Crippen LogP contribution in [0.25, 0.3) is 10.8 Å². The SMILES string of the molecule is COc1cc2cc(C(=O)CN3CCC(C)CC3)ccc2c(OC)c1OC. The largest absolute Gasteiger partial charge is 0.493 e. The molecule has 0 unspecified atom stereocenters. The predicted molar refractivity (Wildman–Crippen MR) is 103 cm³/mol. The van der Waals surface area contributed by atoms with Gasteiger partial charge in [0.1, 0.15) is 0 Å². The number of hydrogen-bond acceptors (Lipinski definition) is 5. The molecule has 1 fully saturated rings. The molecule has 0 N–H and O–H groups in total. The zero-order valence-electron chi connectivity index (χ0n) is 16.0. The molecule has 1 aliphatic rings. The molecule has 0 saturated carbocycles. The highest BCUT2D eigenvalue weighted by molar-refractivity contribution is 6.03. The molecule has 0 atom stereocenters. The van der Waals surface area contributed by atoms with E-state index in [1.807, 2.05) is 24.3 Å².